The van der Waals surface area contributed by atoms with Crippen molar-refractivity contribution in [2.75, 3.05) is 0 Å². The number of Topliss-reactive ketones (excluding diaryl/α,β-unsaturated/α-hetero) is 1. The molecule has 4 aliphatic rings. The van der Waals surface area contributed by atoms with Gasteiger partial charge in [0.1, 0.15) is 24.1 Å². The molecular weight excluding hydrogens is 436 g/mol. The lowest BCUT2D eigenvalue weighted by Gasteiger charge is -2.61. The number of ketones is 1. The van der Waals surface area contributed by atoms with Gasteiger partial charge in [-0.1, -0.05) is 19.4 Å². The van der Waals surface area contributed by atoms with E-state index in [0.717, 1.165) is 31.3 Å². The molecule has 0 aliphatic heterocycles. The Morgan fingerprint density at radius 2 is 1.53 bits per heavy atom. The van der Waals surface area contributed by atoms with Crippen LogP contribution in [0.3, 0.4) is 0 Å². The zero-order chi connectivity index (χ0) is 25.0. The van der Waals surface area contributed by atoms with Gasteiger partial charge in [0.25, 0.3) is 0 Å². The Bertz CT molecular complexity index is 922. The van der Waals surface area contributed by atoms with Crippen molar-refractivity contribution in [2.45, 2.75) is 98.4 Å². The number of fused-ring (bicyclic) bond motifs is 5. The molecule has 0 N–H and O–H groups in total. The van der Waals surface area contributed by atoms with E-state index in [0.29, 0.717) is 12.8 Å². The minimum atomic E-state index is -0.463. The molecule has 0 unspecified atom stereocenters. The molecule has 0 saturated heterocycles. The molecule has 0 aromatic rings. The topological polar surface area (TPSA) is 96.0 Å². The molecule has 0 amide bonds. The maximum atomic E-state index is 12.6. The molecule has 7 heteroatoms. The fourth-order valence-corrected chi connectivity index (χ4v) is 8.30. The van der Waals surface area contributed by atoms with Crippen molar-refractivity contribution < 1.29 is 33.4 Å². The standard InChI is InChI=1S/C27H38O7/c1-14(28)20-7-8-21-24-22(33-16(3)30)12-18-11-19(32-15(2)29)9-10-26(18,5)25(24)23(34-17(4)31)13-27(20,21)6/h12,19-25H,7-11,13H2,1-6H3/t19-,20+,21-,22-,23+,24+,25-,26-,27+/m0/s1. The van der Waals surface area contributed by atoms with Gasteiger partial charge in [-0.2, -0.15) is 0 Å². The monoisotopic (exact) mass is 474 g/mol. The minimum absolute atomic E-state index is 0.0391. The van der Waals surface area contributed by atoms with Gasteiger partial charge in [0.15, 0.2) is 0 Å². The highest BCUT2D eigenvalue weighted by Crippen LogP contribution is 2.67. The first kappa shape index (κ1) is 24.9. The van der Waals surface area contributed by atoms with Crippen molar-refractivity contribution in [3.05, 3.63) is 11.6 Å². The van der Waals surface area contributed by atoms with Crippen LogP contribution in [0.2, 0.25) is 0 Å². The minimum Gasteiger partial charge on any atom is -0.462 e. The maximum Gasteiger partial charge on any atom is 0.303 e. The van der Waals surface area contributed by atoms with E-state index >= 15 is 0 Å². The van der Waals surface area contributed by atoms with E-state index in [1.165, 1.54) is 20.8 Å². The Morgan fingerprint density at radius 1 is 0.882 bits per heavy atom. The number of carbonyl (C=O) groups excluding carboxylic acids is 4. The van der Waals surface area contributed by atoms with Crippen LogP contribution < -0.4 is 0 Å². The van der Waals surface area contributed by atoms with Crippen LogP contribution in [0.4, 0.5) is 0 Å². The van der Waals surface area contributed by atoms with Crippen LogP contribution >= 0.6 is 0 Å². The first-order valence-corrected chi connectivity index (χ1v) is 12.6. The van der Waals surface area contributed by atoms with Crippen molar-refractivity contribution in [3.63, 3.8) is 0 Å². The predicted molar refractivity (Wildman–Crippen MR) is 123 cm³/mol. The molecule has 34 heavy (non-hydrogen) atoms. The Kier molecular flexibility index (Phi) is 6.45. The average molecular weight is 475 g/mol. The lowest BCUT2D eigenvalue weighted by atomic mass is 9.45. The summed E-state index contributed by atoms with van der Waals surface area (Å²) in [6.07, 6.45) is 5.48. The van der Waals surface area contributed by atoms with Gasteiger partial charge in [0.05, 0.1) is 0 Å². The van der Waals surface area contributed by atoms with Crippen LogP contribution in [0.15, 0.2) is 11.6 Å². The molecule has 3 fully saturated rings. The number of rotatable bonds is 4. The molecule has 4 rings (SSSR count). The Morgan fingerprint density at radius 3 is 2.12 bits per heavy atom. The Balaban J connectivity index is 1.82. The molecule has 0 heterocycles. The van der Waals surface area contributed by atoms with Gasteiger partial charge in [-0.3, -0.25) is 19.2 Å². The maximum absolute atomic E-state index is 12.6. The summed E-state index contributed by atoms with van der Waals surface area (Å²) in [6.45, 7) is 10.3. The zero-order valence-corrected chi connectivity index (χ0v) is 21.2. The predicted octanol–water partition coefficient (Wildman–Crippen LogP) is 4.17. The number of hydrogen-bond acceptors (Lipinski definition) is 7. The largest absolute Gasteiger partial charge is 0.462 e. The molecular formula is C27H38O7. The third-order valence-electron chi connectivity index (χ3n) is 9.42. The van der Waals surface area contributed by atoms with E-state index in [9.17, 15) is 19.2 Å². The zero-order valence-electron chi connectivity index (χ0n) is 21.2. The summed E-state index contributed by atoms with van der Waals surface area (Å²) in [7, 11) is 0. The summed E-state index contributed by atoms with van der Waals surface area (Å²) in [4.78, 5) is 48.7. The highest BCUT2D eigenvalue weighted by Gasteiger charge is 2.66. The van der Waals surface area contributed by atoms with E-state index in [1.54, 1.807) is 6.92 Å². The van der Waals surface area contributed by atoms with Crippen LogP contribution in [-0.2, 0) is 33.4 Å². The summed E-state index contributed by atoms with van der Waals surface area (Å²) in [5.74, 6) is -0.801. The highest BCUT2D eigenvalue weighted by atomic mass is 16.6. The van der Waals surface area contributed by atoms with E-state index in [-0.39, 0.29) is 70.4 Å². The molecule has 0 aromatic heterocycles. The quantitative estimate of drug-likeness (QED) is 0.343. The number of carbonyl (C=O) groups is 4. The third kappa shape index (κ3) is 4.09. The first-order valence-electron chi connectivity index (χ1n) is 12.6. The highest BCUT2D eigenvalue weighted by molar-refractivity contribution is 5.79. The van der Waals surface area contributed by atoms with E-state index in [4.69, 9.17) is 14.2 Å². The average Bonchev–Trinajstić information content (AvgIpc) is 3.04. The van der Waals surface area contributed by atoms with Crippen LogP contribution in [0.1, 0.15) is 80.1 Å². The van der Waals surface area contributed by atoms with Gasteiger partial charge >= 0.3 is 17.9 Å². The molecule has 4 aliphatic carbocycles. The molecule has 3 saturated carbocycles. The molecule has 7 nitrogen and oxygen atoms in total. The van der Waals surface area contributed by atoms with Gasteiger partial charge < -0.3 is 14.2 Å². The molecule has 188 valence electrons. The summed E-state index contributed by atoms with van der Waals surface area (Å²) in [5.41, 5.74) is 0.523. The lowest BCUT2D eigenvalue weighted by Crippen LogP contribution is -2.61. The molecule has 0 aromatic carbocycles. The number of hydrogen-bond donors (Lipinski definition) is 0. The molecule has 9 atom stereocenters. The van der Waals surface area contributed by atoms with Crippen molar-refractivity contribution in [1.29, 1.82) is 0 Å². The van der Waals surface area contributed by atoms with E-state index in [2.05, 4.69) is 19.9 Å². The van der Waals surface area contributed by atoms with Crippen molar-refractivity contribution in [1.82, 2.24) is 0 Å². The van der Waals surface area contributed by atoms with Gasteiger partial charge in [0.2, 0.25) is 0 Å². The summed E-state index contributed by atoms with van der Waals surface area (Å²) < 4.78 is 17.5. The lowest BCUT2D eigenvalue weighted by molar-refractivity contribution is -0.192. The van der Waals surface area contributed by atoms with Gasteiger partial charge in [-0.15, -0.1) is 0 Å². The second-order valence-corrected chi connectivity index (χ2v) is 11.5. The Labute approximate surface area is 202 Å². The van der Waals surface area contributed by atoms with Gasteiger partial charge in [-0.25, -0.2) is 0 Å². The summed E-state index contributed by atoms with van der Waals surface area (Å²) >= 11 is 0. The third-order valence-corrected chi connectivity index (χ3v) is 9.42. The van der Waals surface area contributed by atoms with Crippen LogP contribution in [0, 0.1) is 34.5 Å². The number of esters is 3. The SMILES string of the molecule is CC(=O)O[C@H]1CC[C@@]2(C)C(=C[C@H](OC(C)=O)[C@@H]3[C@@H]2[C@H](OC(C)=O)C[C@]2(C)[C@@H](C(C)=O)CC[C@@H]32)C1. The second kappa shape index (κ2) is 8.80. The molecule has 0 bridgehead atoms. The van der Waals surface area contributed by atoms with Crippen LogP contribution in [0.5, 0.6) is 0 Å². The Hall–Kier alpha value is -2.18. The van der Waals surface area contributed by atoms with E-state index < -0.39 is 6.10 Å². The van der Waals surface area contributed by atoms with Gasteiger partial charge in [0, 0.05) is 44.9 Å². The summed E-state index contributed by atoms with van der Waals surface area (Å²) in [6, 6.07) is 0. The second-order valence-electron chi connectivity index (χ2n) is 11.5. The van der Waals surface area contributed by atoms with Crippen molar-refractivity contribution >= 4 is 23.7 Å². The fraction of sp³-hybridized carbons (Fsp3) is 0.778. The smallest absolute Gasteiger partial charge is 0.303 e. The first-order chi connectivity index (χ1) is 15.9. The van der Waals surface area contributed by atoms with Crippen LogP contribution in [0.25, 0.3) is 0 Å². The summed E-state index contributed by atoms with van der Waals surface area (Å²) in [5, 5.41) is 0. The number of ether oxygens (including phenoxy) is 3. The van der Waals surface area contributed by atoms with Gasteiger partial charge in [-0.05, 0) is 61.9 Å². The molecule has 0 spiro atoms. The molecule has 0 radical (unpaired) electrons. The van der Waals surface area contributed by atoms with Crippen molar-refractivity contribution in [2.24, 2.45) is 34.5 Å². The van der Waals surface area contributed by atoms with Crippen molar-refractivity contribution in [3.8, 4) is 0 Å². The van der Waals surface area contributed by atoms with Crippen LogP contribution in [-0.4, -0.2) is 42.0 Å². The fourth-order valence-electron chi connectivity index (χ4n) is 8.30. The van der Waals surface area contributed by atoms with E-state index in [1.807, 2.05) is 0 Å². The normalized spacial score (nSPS) is 42.9.